The third kappa shape index (κ3) is 27.0. The minimum absolute atomic E-state index is 0.327. The second kappa shape index (κ2) is 32.3. The lowest BCUT2D eigenvalue weighted by molar-refractivity contribution is -0.0578. The Balaban J connectivity index is 1.91. The van der Waals surface area contributed by atoms with Gasteiger partial charge in [-0.3, -0.25) is 0 Å². The summed E-state index contributed by atoms with van der Waals surface area (Å²) in [5.41, 5.74) is 0. The van der Waals surface area contributed by atoms with Gasteiger partial charge in [0.05, 0.1) is 12.2 Å². The molecule has 0 amide bonds. The fourth-order valence-electron chi connectivity index (χ4n) is 6.00. The maximum atomic E-state index is 6.34. The van der Waals surface area contributed by atoms with Gasteiger partial charge in [0, 0.05) is 13.2 Å². The van der Waals surface area contributed by atoms with E-state index in [0.29, 0.717) is 12.2 Å². The molecule has 1 rings (SSSR count). The standard InChI is InChI=1S/C41H74O2/c1-4-6-8-10-12-14-16-18-20-22-24-26-28-30-32-34-36-43-41-38-39(3)37-40(41)42-35-33-31-29-27-25-23-21-19-17-15-13-11-9-7-5-2/h11-14,17-20,39-41H,4-10,15-16,21-38H2,1-3H3/b13-11-,14-12-,19-17-,20-18-/t39-,40+,41-/m1/s1. The Morgan fingerprint density at radius 1 is 0.419 bits per heavy atom. The summed E-state index contributed by atoms with van der Waals surface area (Å²) in [6, 6.07) is 0. The lowest BCUT2D eigenvalue weighted by Gasteiger charge is -2.21. The Hall–Kier alpha value is -1.12. The van der Waals surface area contributed by atoms with Crippen LogP contribution in [0.4, 0.5) is 0 Å². The van der Waals surface area contributed by atoms with E-state index in [0.717, 1.165) is 32.0 Å². The zero-order chi connectivity index (χ0) is 30.9. The SMILES string of the molecule is CCCC/C=C\C/C=C\CCCCCCCCO[C@H]1C[C@@H](C)C[C@H]1OCCCCCCCC/C=C\C/C=C\CCCCC. The Kier molecular flexibility index (Phi) is 30.0. The van der Waals surface area contributed by atoms with E-state index >= 15 is 0 Å². The molecule has 2 heteroatoms. The molecule has 0 unspecified atom stereocenters. The molecule has 0 heterocycles. The highest BCUT2D eigenvalue weighted by molar-refractivity contribution is 4.93. The Labute approximate surface area is 270 Å². The normalized spacial score (nSPS) is 19.4. The predicted molar refractivity (Wildman–Crippen MR) is 192 cm³/mol. The van der Waals surface area contributed by atoms with Gasteiger partial charge in [0.1, 0.15) is 0 Å². The van der Waals surface area contributed by atoms with Gasteiger partial charge in [0.2, 0.25) is 0 Å². The summed E-state index contributed by atoms with van der Waals surface area (Å²) in [6.45, 7) is 8.71. The molecule has 43 heavy (non-hydrogen) atoms. The molecule has 0 spiro atoms. The number of unbranched alkanes of at least 4 members (excludes halogenated alkanes) is 17. The maximum Gasteiger partial charge on any atom is 0.0839 e. The second-order valence-electron chi connectivity index (χ2n) is 13.2. The smallest absolute Gasteiger partial charge is 0.0839 e. The summed E-state index contributed by atoms with van der Waals surface area (Å²) in [5, 5.41) is 0. The molecule has 3 atom stereocenters. The predicted octanol–water partition coefficient (Wildman–Crippen LogP) is 13.4. The summed E-state index contributed by atoms with van der Waals surface area (Å²) >= 11 is 0. The Morgan fingerprint density at radius 3 is 1.19 bits per heavy atom. The monoisotopic (exact) mass is 599 g/mol. The van der Waals surface area contributed by atoms with Gasteiger partial charge >= 0.3 is 0 Å². The van der Waals surface area contributed by atoms with Crippen molar-refractivity contribution in [2.75, 3.05) is 13.2 Å². The molecular formula is C41H74O2. The van der Waals surface area contributed by atoms with E-state index < -0.39 is 0 Å². The van der Waals surface area contributed by atoms with Crippen molar-refractivity contribution in [3.8, 4) is 0 Å². The maximum absolute atomic E-state index is 6.34. The van der Waals surface area contributed by atoms with Gasteiger partial charge in [0.25, 0.3) is 0 Å². The molecule has 2 nitrogen and oxygen atoms in total. The third-order valence-electron chi connectivity index (χ3n) is 8.79. The molecule has 0 radical (unpaired) electrons. The first-order valence-electron chi connectivity index (χ1n) is 19.1. The van der Waals surface area contributed by atoms with Gasteiger partial charge in [-0.1, -0.05) is 146 Å². The van der Waals surface area contributed by atoms with Crippen molar-refractivity contribution in [1.29, 1.82) is 0 Å². The molecule has 0 aromatic heterocycles. The van der Waals surface area contributed by atoms with E-state index in [1.807, 2.05) is 0 Å². The molecule has 0 aromatic carbocycles. The molecule has 0 N–H and O–H groups in total. The van der Waals surface area contributed by atoms with Crippen LogP contribution in [0.5, 0.6) is 0 Å². The molecular weight excluding hydrogens is 524 g/mol. The number of rotatable bonds is 31. The molecule has 1 aliphatic carbocycles. The van der Waals surface area contributed by atoms with Gasteiger partial charge in [-0.2, -0.15) is 0 Å². The van der Waals surface area contributed by atoms with Crippen LogP contribution in [0.2, 0.25) is 0 Å². The third-order valence-corrected chi connectivity index (χ3v) is 8.79. The van der Waals surface area contributed by atoms with E-state index in [2.05, 4.69) is 69.4 Å². The van der Waals surface area contributed by atoms with Crippen LogP contribution in [0.1, 0.15) is 181 Å². The lowest BCUT2D eigenvalue weighted by atomic mass is 10.1. The Morgan fingerprint density at radius 2 is 0.767 bits per heavy atom. The molecule has 1 fully saturated rings. The molecule has 0 aromatic rings. The van der Waals surface area contributed by atoms with Gasteiger partial charge in [-0.15, -0.1) is 0 Å². The Bertz CT molecular complexity index is 675. The molecule has 0 saturated heterocycles. The van der Waals surface area contributed by atoms with Gasteiger partial charge in [0.15, 0.2) is 0 Å². The minimum atomic E-state index is 0.327. The van der Waals surface area contributed by atoms with E-state index in [1.165, 1.54) is 148 Å². The van der Waals surface area contributed by atoms with Crippen molar-refractivity contribution >= 4 is 0 Å². The van der Waals surface area contributed by atoms with Gasteiger partial charge in [-0.25, -0.2) is 0 Å². The van der Waals surface area contributed by atoms with Crippen LogP contribution in [-0.4, -0.2) is 25.4 Å². The minimum Gasteiger partial charge on any atom is -0.376 e. The van der Waals surface area contributed by atoms with Crippen LogP contribution >= 0.6 is 0 Å². The summed E-state index contributed by atoms with van der Waals surface area (Å²) in [4.78, 5) is 0. The van der Waals surface area contributed by atoms with Crippen molar-refractivity contribution in [2.24, 2.45) is 5.92 Å². The van der Waals surface area contributed by atoms with Crippen molar-refractivity contribution in [2.45, 2.75) is 193 Å². The van der Waals surface area contributed by atoms with Gasteiger partial charge < -0.3 is 9.47 Å². The van der Waals surface area contributed by atoms with E-state index in [9.17, 15) is 0 Å². The zero-order valence-corrected chi connectivity index (χ0v) is 29.3. The average Bonchev–Trinajstić information content (AvgIpc) is 3.37. The average molecular weight is 599 g/mol. The highest BCUT2D eigenvalue weighted by Crippen LogP contribution is 2.30. The van der Waals surface area contributed by atoms with Gasteiger partial charge in [-0.05, 0) is 89.4 Å². The topological polar surface area (TPSA) is 18.5 Å². The fourth-order valence-corrected chi connectivity index (χ4v) is 6.00. The largest absolute Gasteiger partial charge is 0.376 e. The molecule has 1 saturated carbocycles. The van der Waals surface area contributed by atoms with Crippen LogP contribution in [0, 0.1) is 5.92 Å². The fraction of sp³-hybridized carbons (Fsp3) is 0.805. The number of hydrogen-bond donors (Lipinski definition) is 0. The highest BCUT2D eigenvalue weighted by Gasteiger charge is 2.33. The first kappa shape index (κ1) is 39.9. The number of ether oxygens (including phenoxy) is 2. The first-order chi connectivity index (χ1) is 21.3. The number of hydrogen-bond acceptors (Lipinski definition) is 2. The van der Waals surface area contributed by atoms with Crippen molar-refractivity contribution in [3.05, 3.63) is 48.6 Å². The highest BCUT2D eigenvalue weighted by atomic mass is 16.5. The van der Waals surface area contributed by atoms with Crippen LogP contribution < -0.4 is 0 Å². The second-order valence-corrected chi connectivity index (χ2v) is 13.2. The first-order valence-corrected chi connectivity index (χ1v) is 19.1. The van der Waals surface area contributed by atoms with Crippen LogP contribution in [-0.2, 0) is 9.47 Å². The summed E-state index contributed by atoms with van der Waals surface area (Å²) in [6.07, 6.45) is 51.4. The zero-order valence-electron chi connectivity index (χ0n) is 29.3. The van der Waals surface area contributed by atoms with E-state index in [1.54, 1.807) is 0 Å². The van der Waals surface area contributed by atoms with Crippen molar-refractivity contribution in [3.63, 3.8) is 0 Å². The quantitative estimate of drug-likeness (QED) is 0.0583. The summed E-state index contributed by atoms with van der Waals surface area (Å²) < 4.78 is 12.7. The van der Waals surface area contributed by atoms with E-state index in [4.69, 9.17) is 9.47 Å². The van der Waals surface area contributed by atoms with E-state index in [-0.39, 0.29) is 0 Å². The van der Waals surface area contributed by atoms with Crippen LogP contribution in [0.3, 0.4) is 0 Å². The van der Waals surface area contributed by atoms with Crippen LogP contribution in [0.15, 0.2) is 48.6 Å². The molecule has 0 bridgehead atoms. The van der Waals surface area contributed by atoms with Crippen molar-refractivity contribution in [1.82, 2.24) is 0 Å². The summed E-state index contributed by atoms with van der Waals surface area (Å²) in [7, 11) is 0. The molecule has 250 valence electrons. The summed E-state index contributed by atoms with van der Waals surface area (Å²) in [5.74, 6) is 0.733. The molecule has 0 aliphatic heterocycles. The molecule has 1 aliphatic rings. The van der Waals surface area contributed by atoms with Crippen LogP contribution in [0.25, 0.3) is 0 Å². The number of allylic oxidation sites excluding steroid dienone is 8. The lowest BCUT2D eigenvalue weighted by Crippen LogP contribution is -2.27. The van der Waals surface area contributed by atoms with Crippen molar-refractivity contribution < 1.29 is 9.47 Å².